The molecule has 0 fully saturated rings. The maximum atomic E-state index is 12.5. The summed E-state index contributed by atoms with van der Waals surface area (Å²) in [6.45, 7) is 3.59. The zero-order chi connectivity index (χ0) is 17.0. The van der Waals surface area contributed by atoms with Crippen molar-refractivity contribution >= 4 is 11.6 Å². The molecule has 0 amide bonds. The highest BCUT2D eigenvalue weighted by atomic mass is 35.5. The normalized spacial score (nSPS) is 10.9. The fraction of sp³-hybridized carbons (Fsp3) is 0.125. The van der Waals surface area contributed by atoms with Crippen LogP contribution in [0.5, 0.6) is 11.6 Å². The third-order valence-electron chi connectivity index (χ3n) is 2.85. The number of halogens is 4. The third-order valence-corrected chi connectivity index (χ3v) is 3.12. The lowest BCUT2D eigenvalue weighted by molar-refractivity contribution is -0.137. The van der Waals surface area contributed by atoms with E-state index in [0.29, 0.717) is 23.9 Å². The van der Waals surface area contributed by atoms with Crippen LogP contribution in [0.15, 0.2) is 48.7 Å². The van der Waals surface area contributed by atoms with Crippen molar-refractivity contribution in [2.45, 2.75) is 12.6 Å². The van der Waals surface area contributed by atoms with Crippen molar-refractivity contribution in [2.24, 2.45) is 0 Å². The fourth-order valence-electron chi connectivity index (χ4n) is 1.73. The number of nitriles is 1. The van der Waals surface area contributed by atoms with Crippen LogP contribution in [-0.4, -0.2) is 4.98 Å². The first kappa shape index (κ1) is 16.8. The highest BCUT2D eigenvalue weighted by Gasteiger charge is 2.31. The number of allylic oxidation sites excluding steroid dienone is 1. The number of pyridine rings is 1. The van der Waals surface area contributed by atoms with E-state index >= 15 is 0 Å². The predicted octanol–water partition coefficient (Wildman–Crippen LogP) is 5.17. The van der Waals surface area contributed by atoms with E-state index in [0.717, 1.165) is 11.6 Å². The van der Waals surface area contributed by atoms with Gasteiger partial charge in [-0.1, -0.05) is 30.3 Å². The molecule has 23 heavy (non-hydrogen) atoms. The lowest BCUT2D eigenvalue weighted by atomic mass is 10.1. The minimum absolute atomic E-state index is 0.117. The molecule has 2 aromatic rings. The molecular weight excluding hydrogens is 329 g/mol. The number of benzene rings is 1. The van der Waals surface area contributed by atoms with Crippen molar-refractivity contribution < 1.29 is 17.9 Å². The Morgan fingerprint density at radius 2 is 1.96 bits per heavy atom. The van der Waals surface area contributed by atoms with Crippen LogP contribution in [0.25, 0.3) is 0 Å². The Labute approximate surface area is 135 Å². The zero-order valence-corrected chi connectivity index (χ0v) is 12.4. The molecule has 0 radical (unpaired) electrons. The van der Waals surface area contributed by atoms with Crippen molar-refractivity contribution in [1.82, 2.24) is 4.98 Å². The Hall–Kier alpha value is -2.52. The summed E-state index contributed by atoms with van der Waals surface area (Å²) in [5, 5.41) is 8.44. The van der Waals surface area contributed by atoms with Crippen molar-refractivity contribution in [3.05, 3.63) is 64.8 Å². The van der Waals surface area contributed by atoms with Crippen LogP contribution in [-0.2, 0) is 12.6 Å². The molecule has 0 aliphatic carbocycles. The van der Waals surface area contributed by atoms with Gasteiger partial charge in [0.1, 0.15) is 10.8 Å². The van der Waals surface area contributed by atoms with E-state index < -0.39 is 11.7 Å². The number of hydrogen-bond acceptors (Lipinski definition) is 3. The van der Waals surface area contributed by atoms with Gasteiger partial charge in [0.2, 0.25) is 5.88 Å². The second kappa shape index (κ2) is 6.71. The molecule has 0 spiro atoms. The zero-order valence-electron chi connectivity index (χ0n) is 11.7. The van der Waals surface area contributed by atoms with Gasteiger partial charge in [0.15, 0.2) is 0 Å². The Kier molecular flexibility index (Phi) is 4.92. The van der Waals surface area contributed by atoms with Crippen molar-refractivity contribution in [1.29, 1.82) is 5.26 Å². The summed E-state index contributed by atoms with van der Waals surface area (Å²) in [4.78, 5) is 3.59. The lowest BCUT2D eigenvalue weighted by Gasteiger charge is -2.10. The maximum absolute atomic E-state index is 12.5. The molecule has 1 aromatic heterocycles. The topological polar surface area (TPSA) is 45.9 Å². The number of nitrogens with zero attached hydrogens (tertiary/aromatic N) is 2. The monoisotopic (exact) mass is 338 g/mol. The lowest BCUT2D eigenvalue weighted by Crippen LogP contribution is -2.05. The summed E-state index contributed by atoms with van der Waals surface area (Å²) in [5.74, 6) is 0.249. The predicted molar refractivity (Wildman–Crippen MR) is 79.2 cm³/mol. The van der Waals surface area contributed by atoms with E-state index in [-0.39, 0.29) is 10.9 Å². The first-order valence-electron chi connectivity index (χ1n) is 6.37. The smallest absolute Gasteiger partial charge is 0.417 e. The Morgan fingerprint density at radius 3 is 2.48 bits per heavy atom. The third kappa shape index (κ3) is 4.47. The van der Waals surface area contributed by atoms with E-state index in [4.69, 9.17) is 21.6 Å². The molecule has 2 rings (SSSR count). The summed E-state index contributed by atoms with van der Waals surface area (Å²) < 4.78 is 43.0. The Morgan fingerprint density at radius 1 is 1.30 bits per heavy atom. The Bertz CT molecular complexity index is 764. The standard InChI is InChI=1S/C16H10ClF3N2O/c1-10(8-21)6-11-2-4-13(5-3-11)23-15-14(17)7-12(9-22-15)16(18,19)20/h2-5,7,9H,1,6H2. The van der Waals surface area contributed by atoms with Crippen LogP contribution in [0, 0.1) is 11.3 Å². The quantitative estimate of drug-likeness (QED) is 0.722. The molecule has 0 N–H and O–H groups in total. The van der Waals surface area contributed by atoms with Crippen molar-refractivity contribution in [3.8, 4) is 17.7 Å². The van der Waals surface area contributed by atoms with Crippen LogP contribution >= 0.6 is 11.6 Å². The second-order valence-corrected chi connectivity index (χ2v) is 5.05. The average molecular weight is 339 g/mol. The van der Waals surface area contributed by atoms with Gasteiger partial charge in [-0.25, -0.2) is 4.98 Å². The van der Waals surface area contributed by atoms with Gasteiger partial charge >= 0.3 is 6.18 Å². The molecular formula is C16H10ClF3N2O. The fourth-order valence-corrected chi connectivity index (χ4v) is 1.93. The van der Waals surface area contributed by atoms with Gasteiger partial charge in [-0.3, -0.25) is 0 Å². The minimum Gasteiger partial charge on any atom is -0.438 e. The molecule has 0 saturated heterocycles. The van der Waals surface area contributed by atoms with Crippen molar-refractivity contribution in [2.75, 3.05) is 0 Å². The van der Waals surface area contributed by atoms with Crippen LogP contribution < -0.4 is 4.74 Å². The molecule has 0 atom stereocenters. The van der Waals surface area contributed by atoms with Crippen LogP contribution in [0.2, 0.25) is 5.02 Å². The molecule has 0 unspecified atom stereocenters. The van der Waals surface area contributed by atoms with E-state index in [9.17, 15) is 13.2 Å². The number of hydrogen-bond donors (Lipinski definition) is 0. The second-order valence-electron chi connectivity index (χ2n) is 4.65. The Balaban J connectivity index is 2.14. The molecule has 1 heterocycles. The van der Waals surface area contributed by atoms with Gasteiger partial charge in [-0.05, 0) is 23.8 Å². The number of alkyl halides is 3. The number of ether oxygens (including phenoxy) is 1. The van der Waals surface area contributed by atoms with Gasteiger partial charge in [-0.2, -0.15) is 18.4 Å². The van der Waals surface area contributed by atoms with E-state index in [2.05, 4.69) is 11.6 Å². The molecule has 0 aliphatic rings. The molecule has 1 aromatic carbocycles. The van der Waals surface area contributed by atoms with Gasteiger partial charge in [0.25, 0.3) is 0 Å². The molecule has 0 aliphatic heterocycles. The summed E-state index contributed by atoms with van der Waals surface area (Å²) in [6, 6.07) is 9.36. The molecule has 3 nitrogen and oxygen atoms in total. The maximum Gasteiger partial charge on any atom is 0.417 e. The molecule has 7 heteroatoms. The van der Waals surface area contributed by atoms with E-state index in [1.807, 2.05) is 6.07 Å². The first-order valence-corrected chi connectivity index (χ1v) is 6.75. The summed E-state index contributed by atoms with van der Waals surface area (Å²) in [6.07, 6.45) is -3.44. The van der Waals surface area contributed by atoms with Gasteiger partial charge in [-0.15, -0.1) is 0 Å². The summed E-state index contributed by atoms with van der Waals surface area (Å²) >= 11 is 5.77. The number of rotatable bonds is 4. The molecule has 0 bridgehead atoms. The SMILES string of the molecule is C=C(C#N)Cc1ccc(Oc2ncc(C(F)(F)F)cc2Cl)cc1. The summed E-state index contributed by atoms with van der Waals surface area (Å²) in [7, 11) is 0. The number of aromatic nitrogens is 1. The van der Waals surface area contributed by atoms with Crippen LogP contribution in [0.4, 0.5) is 13.2 Å². The summed E-state index contributed by atoms with van der Waals surface area (Å²) in [5.41, 5.74) is 0.335. The molecule has 0 saturated carbocycles. The van der Waals surface area contributed by atoms with Gasteiger partial charge < -0.3 is 4.74 Å². The largest absolute Gasteiger partial charge is 0.438 e. The molecule has 118 valence electrons. The first-order chi connectivity index (χ1) is 10.8. The minimum atomic E-state index is -4.51. The van der Waals surface area contributed by atoms with Crippen LogP contribution in [0.3, 0.4) is 0 Å². The van der Waals surface area contributed by atoms with E-state index in [1.54, 1.807) is 24.3 Å². The average Bonchev–Trinajstić information content (AvgIpc) is 2.50. The highest BCUT2D eigenvalue weighted by Crippen LogP contribution is 2.34. The highest BCUT2D eigenvalue weighted by molar-refractivity contribution is 6.31. The van der Waals surface area contributed by atoms with Gasteiger partial charge in [0, 0.05) is 18.2 Å². The van der Waals surface area contributed by atoms with Crippen LogP contribution in [0.1, 0.15) is 11.1 Å². The van der Waals surface area contributed by atoms with Gasteiger partial charge in [0.05, 0.1) is 11.6 Å². The van der Waals surface area contributed by atoms with Crippen molar-refractivity contribution in [3.63, 3.8) is 0 Å². The van der Waals surface area contributed by atoms with E-state index in [1.165, 1.54) is 0 Å².